The van der Waals surface area contributed by atoms with Gasteiger partial charge in [-0.3, -0.25) is 4.79 Å². The SMILES string of the molecule is CCCC(CC1=NNC(c2ccccc2)C1)C(=O)Cl. The van der Waals surface area contributed by atoms with Crippen LogP contribution in [0.1, 0.15) is 44.2 Å². The Morgan fingerprint density at radius 3 is 2.84 bits per heavy atom. The molecule has 19 heavy (non-hydrogen) atoms. The Bertz CT molecular complexity index is 458. The van der Waals surface area contributed by atoms with Gasteiger partial charge in [-0.25, -0.2) is 0 Å². The van der Waals surface area contributed by atoms with Crippen LogP contribution in [0, 0.1) is 5.92 Å². The lowest BCUT2D eigenvalue weighted by atomic mass is 9.94. The summed E-state index contributed by atoms with van der Waals surface area (Å²) in [5.41, 5.74) is 5.41. The Hall–Kier alpha value is -1.35. The number of carbonyl (C=O) groups excluding carboxylic acids is 1. The Morgan fingerprint density at radius 1 is 1.47 bits per heavy atom. The topological polar surface area (TPSA) is 41.5 Å². The van der Waals surface area contributed by atoms with Gasteiger partial charge in [-0.15, -0.1) is 0 Å². The third-order valence-corrected chi connectivity index (χ3v) is 3.77. The van der Waals surface area contributed by atoms with Crippen molar-refractivity contribution in [3.05, 3.63) is 35.9 Å². The van der Waals surface area contributed by atoms with Crippen LogP contribution in [-0.2, 0) is 4.79 Å². The number of halogens is 1. The van der Waals surface area contributed by atoms with Crippen molar-refractivity contribution in [2.75, 3.05) is 0 Å². The van der Waals surface area contributed by atoms with E-state index in [0.717, 1.165) is 25.0 Å². The third kappa shape index (κ3) is 3.80. The molecule has 2 atom stereocenters. The summed E-state index contributed by atoms with van der Waals surface area (Å²) in [6.45, 7) is 2.06. The molecule has 0 fully saturated rings. The monoisotopic (exact) mass is 278 g/mol. The fourth-order valence-electron chi connectivity index (χ4n) is 2.43. The van der Waals surface area contributed by atoms with Gasteiger partial charge in [0.15, 0.2) is 0 Å². The third-order valence-electron chi connectivity index (χ3n) is 3.46. The molecule has 0 saturated carbocycles. The van der Waals surface area contributed by atoms with Crippen LogP contribution in [0.15, 0.2) is 35.4 Å². The van der Waals surface area contributed by atoms with E-state index in [9.17, 15) is 4.79 Å². The molecule has 4 heteroatoms. The van der Waals surface area contributed by atoms with Crippen molar-refractivity contribution < 1.29 is 4.79 Å². The second kappa shape index (κ2) is 6.71. The normalized spacial score (nSPS) is 19.7. The lowest BCUT2D eigenvalue weighted by Crippen LogP contribution is -2.14. The van der Waals surface area contributed by atoms with Crippen LogP contribution in [0.4, 0.5) is 0 Å². The fraction of sp³-hybridized carbons (Fsp3) is 0.467. The first-order valence-corrected chi connectivity index (χ1v) is 7.13. The first-order chi connectivity index (χ1) is 9.20. The number of nitrogens with zero attached hydrogens (tertiary/aromatic N) is 1. The second-order valence-electron chi connectivity index (χ2n) is 4.97. The maximum absolute atomic E-state index is 11.4. The van der Waals surface area contributed by atoms with Crippen molar-refractivity contribution in [2.45, 2.75) is 38.6 Å². The average Bonchev–Trinajstić information content (AvgIpc) is 2.88. The van der Waals surface area contributed by atoms with E-state index in [-0.39, 0.29) is 17.2 Å². The molecule has 2 rings (SSSR count). The maximum atomic E-state index is 11.4. The van der Waals surface area contributed by atoms with Gasteiger partial charge in [0, 0.05) is 18.1 Å². The quantitative estimate of drug-likeness (QED) is 0.807. The molecule has 0 saturated heterocycles. The number of nitrogens with one attached hydrogen (secondary N) is 1. The molecule has 0 aromatic heterocycles. The number of hydrazone groups is 1. The van der Waals surface area contributed by atoms with Crippen LogP contribution >= 0.6 is 11.6 Å². The smallest absolute Gasteiger partial charge is 0.225 e. The lowest BCUT2D eigenvalue weighted by molar-refractivity contribution is -0.115. The molecule has 0 aliphatic carbocycles. The predicted octanol–water partition coefficient (Wildman–Crippen LogP) is 3.65. The zero-order valence-electron chi connectivity index (χ0n) is 11.1. The molecular weight excluding hydrogens is 260 g/mol. The van der Waals surface area contributed by atoms with Gasteiger partial charge >= 0.3 is 0 Å². The van der Waals surface area contributed by atoms with Crippen LogP contribution in [-0.4, -0.2) is 11.0 Å². The summed E-state index contributed by atoms with van der Waals surface area (Å²) in [5.74, 6) is -0.0956. The van der Waals surface area contributed by atoms with Gasteiger partial charge in [0.25, 0.3) is 0 Å². The first-order valence-electron chi connectivity index (χ1n) is 6.76. The van der Waals surface area contributed by atoms with Crippen molar-refractivity contribution in [1.29, 1.82) is 0 Å². The minimum absolute atomic E-state index is 0.0956. The van der Waals surface area contributed by atoms with E-state index in [1.165, 1.54) is 5.56 Å². The van der Waals surface area contributed by atoms with Gasteiger partial charge in [0.05, 0.1) is 6.04 Å². The summed E-state index contributed by atoms with van der Waals surface area (Å²) in [6.07, 6.45) is 3.32. The van der Waals surface area contributed by atoms with E-state index in [1.54, 1.807) is 0 Å². The molecule has 1 heterocycles. The van der Waals surface area contributed by atoms with E-state index in [2.05, 4.69) is 29.6 Å². The zero-order chi connectivity index (χ0) is 13.7. The second-order valence-corrected chi connectivity index (χ2v) is 5.34. The number of rotatable bonds is 6. The van der Waals surface area contributed by atoms with Gasteiger partial charge in [-0.05, 0) is 30.0 Å². The maximum Gasteiger partial charge on any atom is 0.225 e. The summed E-state index contributed by atoms with van der Waals surface area (Å²) in [7, 11) is 0. The largest absolute Gasteiger partial charge is 0.302 e. The van der Waals surface area contributed by atoms with Gasteiger partial charge in [0.1, 0.15) is 0 Å². The summed E-state index contributed by atoms with van der Waals surface area (Å²) in [4.78, 5) is 11.4. The molecule has 1 aliphatic heterocycles. The highest BCUT2D eigenvalue weighted by atomic mass is 35.5. The standard InChI is InChI=1S/C15H19ClN2O/c1-2-6-12(15(16)19)9-13-10-14(18-17-13)11-7-4-3-5-8-11/h3-5,7-8,12,14,18H,2,6,9-10H2,1H3. The molecule has 0 amide bonds. The van der Waals surface area contributed by atoms with Crippen molar-refractivity contribution in [2.24, 2.45) is 11.0 Å². The van der Waals surface area contributed by atoms with E-state index >= 15 is 0 Å². The minimum atomic E-state index is -0.243. The molecule has 0 spiro atoms. The van der Waals surface area contributed by atoms with Crippen molar-refractivity contribution in [3.8, 4) is 0 Å². The highest BCUT2D eigenvalue weighted by Crippen LogP contribution is 2.25. The average molecular weight is 279 g/mol. The molecular formula is C15H19ClN2O. The van der Waals surface area contributed by atoms with Gasteiger partial charge in [-0.1, -0.05) is 43.7 Å². The molecule has 3 nitrogen and oxygen atoms in total. The number of hydrogen-bond donors (Lipinski definition) is 1. The molecule has 0 bridgehead atoms. The van der Waals surface area contributed by atoms with Crippen molar-refractivity contribution >= 4 is 22.6 Å². The van der Waals surface area contributed by atoms with E-state index in [1.807, 2.05) is 18.2 Å². The van der Waals surface area contributed by atoms with Gasteiger partial charge in [0.2, 0.25) is 5.24 Å². The van der Waals surface area contributed by atoms with E-state index in [4.69, 9.17) is 11.6 Å². The number of carbonyl (C=O) groups is 1. The fourth-order valence-corrected chi connectivity index (χ4v) is 2.62. The Kier molecular flexibility index (Phi) is 4.97. The first kappa shape index (κ1) is 14.1. The van der Waals surface area contributed by atoms with Crippen molar-refractivity contribution in [3.63, 3.8) is 0 Å². The summed E-state index contributed by atoms with van der Waals surface area (Å²) >= 11 is 5.64. The van der Waals surface area contributed by atoms with Crippen LogP contribution in [0.2, 0.25) is 0 Å². The van der Waals surface area contributed by atoms with E-state index < -0.39 is 0 Å². The highest BCUT2D eigenvalue weighted by molar-refractivity contribution is 6.64. The molecule has 2 unspecified atom stereocenters. The van der Waals surface area contributed by atoms with Crippen LogP contribution in [0.25, 0.3) is 0 Å². The lowest BCUT2D eigenvalue weighted by Gasteiger charge is -2.12. The highest BCUT2D eigenvalue weighted by Gasteiger charge is 2.24. The predicted molar refractivity (Wildman–Crippen MR) is 78.2 cm³/mol. The zero-order valence-corrected chi connectivity index (χ0v) is 11.9. The van der Waals surface area contributed by atoms with Crippen molar-refractivity contribution in [1.82, 2.24) is 5.43 Å². The number of hydrogen-bond acceptors (Lipinski definition) is 3. The van der Waals surface area contributed by atoms with Crippen LogP contribution < -0.4 is 5.43 Å². The van der Waals surface area contributed by atoms with Gasteiger partial charge < -0.3 is 5.43 Å². The van der Waals surface area contributed by atoms with E-state index in [0.29, 0.717) is 6.42 Å². The molecule has 1 aliphatic rings. The number of benzene rings is 1. The Morgan fingerprint density at radius 2 is 2.21 bits per heavy atom. The molecule has 1 N–H and O–H groups in total. The summed E-state index contributed by atoms with van der Waals surface area (Å²) in [5, 5.41) is 4.11. The summed E-state index contributed by atoms with van der Waals surface area (Å²) in [6, 6.07) is 10.5. The molecule has 1 aromatic rings. The molecule has 102 valence electrons. The summed E-state index contributed by atoms with van der Waals surface area (Å²) < 4.78 is 0. The Balaban J connectivity index is 1.92. The minimum Gasteiger partial charge on any atom is -0.302 e. The van der Waals surface area contributed by atoms with Gasteiger partial charge in [-0.2, -0.15) is 5.10 Å². The Labute approximate surface area is 119 Å². The molecule has 1 aromatic carbocycles. The molecule has 0 radical (unpaired) electrons. The van der Waals surface area contributed by atoms with Crippen LogP contribution in [0.5, 0.6) is 0 Å². The van der Waals surface area contributed by atoms with Crippen LogP contribution in [0.3, 0.4) is 0 Å².